The van der Waals surface area contributed by atoms with Crippen molar-refractivity contribution < 1.29 is 26.3 Å². The number of aryl methyl sites for hydroxylation is 1. The third-order valence-corrected chi connectivity index (χ3v) is 10.2. The van der Waals surface area contributed by atoms with Crippen LogP contribution in [0.4, 0.5) is 5.69 Å². The molecule has 0 radical (unpaired) electrons. The quantitative estimate of drug-likeness (QED) is 0.353. The van der Waals surface area contributed by atoms with E-state index in [4.69, 9.17) is 9.47 Å². The first-order chi connectivity index (χ1) is 18.1. The molecule has 0 saturated carbocycles. The topological polar surface area (TPSA) is 93.2 Å². The molecule has 0 saturated heterocycles. The summed E-state index contributed by atoms with van der Waals surface area (Å²) in [7, 11) is -5.30. The fourth-order valence-electron chi connectivity index (χ4n) is 4.31. The predicted molar refractivity (Wildman–Crippen MR) is 148 cm³/mol. The van der Waals surface area contributed by atoms with Crippen LogP contribution in [0.15, 0.2) is 89.2 Å². The number of ether oxygens (including phenoxy) is 2. The maximum atomic E-state index is 14.2. The molecule has 0 aliphatic carbocycles. The Labute approximate surface area is 225 Å². The largest absolute Gasteiger partial charge is 0.497 e. The summed E-state index contributed by atoms with van der Waals surface area (Å²) >= 11 is 0. The van der Waals surface area contributed by atoms with E-state index >= 15 is 0 Å². The zero-order chi connectivity index (χ0) is 27.5. The molecule has 3 aromatic rings. The second kappa shape index (κ2) is 11.2. The van der Waals surface area contributed by atoms with Gasteiger partial charge in [-0.25, -0.2) is 16.8 Å². The lowest BCUT2D eigenvalue weighted by atomic mass is 10.1. The maximum absolute atomic E-state index is 14.2. The number of methoxy groups -OCH3 is 1. The molecule has 0 N–H and O–H groups in total. The molecule has 1 atom stereocenters. The van der Waals surface area contributed by atoms with E-state index in [2.05, 4.69) is 6.58 Å². The van der Waals surface area contributed by atoms with Crippen molar-refractivity contribution in [1.29, 1.82) is 0 Å². The number of anilines is 1. The number of hydrogen-bond donors (Lipinski definition) is 0. The molecular formula is C28H32N2O6S2. The molecule has 1 aliphatic heterocycles. The van der Waals surface area contributed by atoms with Crippen LogP contribution in [0.1, 0.15) is 24.0 Å². The van der Waals surface area contributed by atoms with Crippen molar-refractivity contribution in [1.82, 2.24) is 4.31 Å². The van der Waals surface area contributed by atoms with Gasteiger partial charge >= 0.3 is 0 Å². The van der Waals surface area contributed by atoms with Crippen LogP contribution in [0.5, 0.6) is 11.5 Å². The SMILES string of the molecule is C=CCCC1CN(Cc2ccc(OC)cc2)S(=O)(=O)c2c(cccc2N(C)S(=O)(=O)c2ccc(C)cc2)O1. The summed E-state index contributed by atoms with van der Waals surface area (Å²) in [5.41, 5.74) is 1.70. The minimum Gasteiger partial charge on any atom is -0.497 e. The molecule has 1 heterocycles. The Morgan fingerprint density at radius 1 is 1.11 bits per heavy atom. The van der Waals surface area contributed by atoms with Gasteiger partial charge in [-0.05, 0) is 61.7 Å². The zero-order valence-corrected chi connectivity index (χ0v) is 23.3. The zero-order valence-electron chi connectivity index (χ0n) is 21.7. The van der Waals surface area contributed by atoms with Gasteiger partial charge in [0.15, 0.2) is 0 Å². The molecule has 202 valence electrons. The summed E-state index contributed by atoms with van der Waals surface area (Å²) in [4.78, 5) is -0.109. The van der Waals surface area contributed by atoms with Gasteiger partial charge in [0.1, 0.15) is 22.5 Å². The van der Waals surface area contributed by atoms with Crippen molar-refractivity contribution in [2.45, 2.75) is 42.2 Å². The summed E-state index contributed by atoms with van der Waals surface area (Å²) in [5.74, 6) is 0.787. The Hall–Kier alpha value is -3.34. The molecule has 4 rings (SSSR count). The first kappa shape index (κ1) is 27.7. The number of hydrogen-bond acceptors (Lipinski definition) is 6. The van der Waals surface area contributed by atoms with E-state index in [1.165, 1.54) is 29.6 Å². The lowest BCUT2D eigenvalue weighted by molar-refractivity contribution is 0.164. The second-order valence-corrected chi connectivity index (χ2v) is 13.0. The molecule has 8 nitrogen and oxygen atoms in total. The van der Waals surface area contributed by atoms with Gasteiger partial charge in [-0.2, -0.15) is 4.31 Å². The van der Waals surface area contributed by atoms with Crippen molar-refractivity contribution in [2.75, 3.05) is 25.0 Å². The number of rotatable bonds is 9. The fraction of sp³-hybridized carbons (Fsp3) is 0.286. The van der Waals surface area contributed by atoms with Gasteiger partial charge in [-0.1, -0.05) is 42.0 Å². The van der Waals surface area contributed by atoms with Gasteiger partial charge in [0, 0.05) is 13.6 Å². The first-order valence-corrected chi connectivity index (χ1v) is 15.0. The summed E-state index contributed by atoms with van der Waals surface area (Å²) in [6.45, 7) is 5.82. The summed E-state index contributed by atoms with van der Waals surface area (Å²) < 4.78 is 69.2. The third kappa shape index (κ3) is 5.57. The Bertz CT molecular complexity index is 1500. The van der Waals surface area contributed by atoms with Crippen molar-refractivity contribution in [3.63, 3.8) is 0 Å². The van der Waals surface area contributed by atoms with E-state index in [0.717, 1.165) is 15.4 Å². The molecule has 38 heavy (non-hydrogen) atoms. The van der Waals surface area contributed by atoms with E-state index in [0.29, 0.717) is 18.6 Å². The highest BCUT2D eigenvalue weighted by molar-refractivity contribution is 7.93. The molecular weight excluding hydrogens is 524 g/mol. The van der Waals surface area contributed by atoms with Crippen molar-refractivity contribution in [3.8, 4) is 11.5 Å². The van der Waals surface area contributed by atoms with E-state index in [1.807, 2.05) is 6.92 Å². The molecule has 0 fully saturated rings. The fourth-order valence-corrected chi connectivity index (χ4v) is 7.36. The summed E-state index contributed by atoms with van der Waals surface area (Å²) in [5, 5.41) is 0. The predicted octanol–water partition coefficient (Wildman–Crippen LogP) is 4.75. The first-order valence-electron chi connectivity index (χ1n) is 12.2. The van der Waals surface area contributed by atoms with E-state index < -0.39 is 26.2 Å². The van der Waals surface area contributed by atoms with Crippen LogP contribution in [-0.4, -0.2) is 47.9 Å². The van der Waals surface area contributed by atoms with Gasteiger partial charge in [-0.15, -0.1) is 6.58 Å². The molecule has 10 heteroatoms. The highest BCUT2D eigenvalue weighted by Gasteiger charge is 2.39. The molecule has 1 unspecified atom stereocenters. The van der Waals surface area contributed by atoms with Gasteiger partial charge in [0.05, 0.1) is 24.2 Å². The lowest BCUT2D eigenvalue weighted by Gasteiger charge is -2.25. The number of sulfonamides is 2. The summed E-state index contributed by atoms with van der Waals surface area (Å²) in [6.07, 6.45) is 2.50. The molecule has 3 aromatic carbocycles. The number of benzene rings is 3. The molecule has 1 aliphatic rings. The van der Waals surface area contributed by atoms with Crippen LogP contribution in [0.3, 0.4) is 0 Å². The second-order valence-electron chi connectivity index (χ2n) is 9.14. The van der Waals surface area contributed by atoms with Crippen LogP contribution in [0, 0.1) is 6.92 Å². The average Bonchev–Trinajstić information content (AvgIpc) is 3.01. The molecule has 0 amide bonds. The Morgan fingerprint density at radius 3 is 2.42 bits per heavy atom. The molecule has 0 aromatic heterocycles. The number of fused-ring (bicyclic) bond motifs is 1. The molecule has 0 bridgehead atoms. The average molecular weight is 557 g/mol. The van der Waals surface area contributed by atoms with E-state index in [9.17, 15) is 16.8 Å². The smallest absolute Gasteiger partial charge is 0.264 e. The maximum Gasteiger partial charge on any atom is 0.264 e. The Morgan fingerprint density at radius 2 is 1.79 bits per heavy atom. The van der Waals surface area contributed by atoms with Gasteiger partial charge in [0.25, 0.3) is 10.0 Å². The van der Waals surface area contributed by atoms with E-state index in [1.54, 1.807) is 61.7 Å². The van der Waals surface area contributed by atoms with Crippen LogP contribution >= 0.6 is 0 Å². The van der Waals surface area contributed by atoms with Crippen LogP contribution < -0.4 is 13.8 Å². The van der Waals surface area contributed by atoms with Crippen molar-refractivity contribution in [2.24, 2.45) is 0 Å². The van der Waals surface area contributed by atoms with Crippen molar-refractivity contribution in [3.05, 3.63) is 90.5 Å². The van der Waals surface area contributed by atoms with Crippen molar-refractivity contribution >= 4 is 25.7 Å². The number of nitrogens with zero attached hydrogens (tertiary/aromatic N) is 2. The van der Waals surface area contributed by atoms with Gasteiger partial charge in [0.2, 0.25) is 10.0 Å². The third-order valence-electron chi connectivity index (χ3n) is 6.49. The van der Waals surface area contributed by atoms with Crippen LogP contribution in [-0.2, 0) is 26.6 Å². The van der Waals surface area contributed by atoms with Crippen LogP contribution in [0.25, 0.3) is 0 Å². The summed E-state index contributed by atoms with van der Waals surface area (Å²) in [6, 6.07) is 18.2. The normalized spacial score (nSPS) is 17.1. The van der Waals surface area contributed by atoms with E-state index in [-0.39, 0.29) is 34.3 Å². The minimum atomic E-state index is -4.17. The number of allylic oxidation sites excluding steroid dienone is 1. The highest BCUT2D eigenvalue weighted by Crippen LogP contribution is 2.41. The minimum absolute atomic E-state index is 0.0205. The Balaban J connectivity index is 1.81. The highest BCUT2D eigenvalue weighted by atomic mass is 32.2. The monoisotopic (exact) mass is 556 g/mol. The standard InChI is InChI=1S/C28H32N2O6S2/c1-5-6-8-24-20-30(19-22-13-15-23(35-4)16-14-22)38(33,34)28-26(9-7-10-27(28)36-24)29(3)37(31,32)25-17-11-21(2)12-18-25/h5,7,9-18,24H,1,6,8,19-20H2,2-4H3. The Kier molecular flexibility index (Phi) is 8.15. The van der Waals surface area contributed by atoms with Crippen LogP contribution in [0.2, 0.25) is 0 Å². The van der Waals surface area contributed by atoms with Gasteiger partial charge < -0.3 is 9.47 Å². The van der Waals surface area contributed by atoms with Gasteiger partial charge in [-0.3, -0.25) is 4.31 Å². The lowest BCUT2D eigenvalue weighted by Crippen LogP contribution is -2.37. The molecule has 0 spiro atoms.